The Hall–Kier alpha value is -2.04. The summed E-state index contributed by atoms with van der Waals surface area (Å²) in [5, 5.41) is 7.18. The fourth-order valence-corrected chi connectivity index (χ4v) is 2.08. The lowest BCUT2D eigenvalue weighted by atomic mass is 10.2. The topological polar surface area (TPSA) is 54.2 Å². The molecule has 0 amide bonds. The van der Waals surface area contributed by atoms with Crippen molar-refractivity contribution >= 4 is 11.4 Å². The number of nitrogens with zero attached hydrogens (tertiary/aromatic N) is 3. The fourth-order valence-electron chi connectivity index (χ4n) is 2.08. The molecular weight excluding hydrogens is 216 g/mol. The van der Waals surface area contributed by atoms with Gasteiger partial charge in [0.25, 0.3) is 0 Å². The van der Waals surface area contributed by atoms with Gasteiger partial charge in [-0.1, -0.05) is 17.3 Å². The van der Waals surface area contributed by atoms with E-state index in [4.69, 9.17) is 4.52 Å². The Labute approximate surface area is 99.4 Å². The number of anilines is 2. The Morgan fingerprint density at radius 2 is 2.29 bits per heavy atom. The maximum Gasteiger partial charge on any atom is 0.246 e. The zero-order valence-corrected chi connectivity index (χ0v) is 9.68. The van der Waals surface area contributed by atoms with E-state index >= 15 is 0 Å². The molecule has 2 aromatic rings. The largest absolute Gasteiger partial charge is 0.382 e. The SMILES string of the molecule is Cc1noc(CN2CCNc3ccccc32)n1. The van der Waals surface area contributed by atoms with E-state index in [0.29, 0.717) is 18.3 Å². The number of nitrogens with one attached hydrogen (secondary N) is 1. The first-order chi connectivity index (χ1) is 8.33. The lowest BCUT2D eigenvalue weighted by Crippen LogP contribution is -2.33. The molecule has 5 heteroatoms. The summed E-state index contributed by atoms with van der Waals surface area (Å²) < 4.78 is 5.16. The van der Waals surface area contributed by atoms with Crippen LogP contribution in [0.15, 0.2) is 28.8 Å². The lowest BCUT2D eigenvalue weighted by Gasteiger charge is -2.30. The van der Waals surface area contributed by atoms with E-state index in [-0.39, 0.29) is 0 Å². The van der Waals surface area contributed by atoms with Gasteiger partial charge in [0.1, 0.15) is 0 Å². The van der Waals surface area contributed by atoms with Crippen molar-refractivity contribution in [1.82, 2.24) is 10.1 Å². The Morgan fingerprint density at radius 1 is 1.41 bits per heavy atom. The van der Waals surface area contributed by atoms with Gasteiger partial charge in [-0.05, 0) is 19.1 Å². The van der Waals surface area contributed by atoms with Crippen LogP contribution in [0.1, 0.15) is 11.7 Å². The standard InChI is InChI=1S/C12H14N4O/c1-9-14-12(17-15-9)8-16-7-6-13-10-4-2-3-5-11(10)16/h2-5,13H,6-8H2,1H3. The van der Waals surface area contributed by atoms with Gasteiger partial charge in [0.05, 0.1) is 17.9 Å². The number of hydrogen-bond donors (Lipinski definition) is 1. The van der Waals surface area contributed by atoms with Crippen LogP contribution in [0.2, 0.25) is 0 Å². The van der Waals surface area contributed by atoms with Crippen molar-refractivity contribution in [2.75, 3.05) is 23.3 Å². The first-order valence-corrected chi connectivity index (χ1v) is 5.70. The highest BCUT2D eigenvalue weighted by Crippen LogP contribution is 2.29. The van der Waals surface area contributed by atoms with E-state index in [1.165, 1.54) is 5.69 Å². The summed E-state index contributed by atoms with van der Waals surface area (Å²) in [6, 6.07) is 8.26. The summed E-state index contributed by atoms with van der Waals surface area (Å²) in [5.41, 5.74) is 2.35. The van der Waals surface area contributed by atoms with Crippen molar-refractivity contribution < 1.29 is 4.52 Å². The number of aryl methyl sites for hydroxylation is 1. The summed E-state index contributed by atoms with van der Waals surface area (Å²) in [4.78, 5) is 6.49. The second-order valence-corrected chi connectivity index (χ2v) is 4.10. The molecule has 0 radical (unpaired) electrons. The summed E-state index contributed by atoms with van der Waals surface area (Å²) in [5.74, 6) is 1.35. The van der Waals surface area contributed by atoms with Crippen molar-refractivity contribution in [2.24, 2.45) is 0 Å². The molecule has 0 saturated carbocycles. The highest BCUT2D eigenvalue weighted by Gasteiger charge is 2.17. The van der Waals surface area contributed by atoms with Crippen molar-refractivity contribution in [3.8, 4) is 0 Å². The highest BCUT2D eigenvalue weighted by atomic mass is 16.5. The molecule has 88 valence electrons. The number of para-hydroxylation sites is 2. The molecule has 0 unspecified atom stereocenters. The van der Waals surface area contributed by atoms with Gasteiger partial charge in [-0.2, -0.15) is 4.98 Å². The average Bonchev–Trinajstić information content (AvgIpc) is 2.75. The normalized spacial score (nSPS) is 14.3. The fraction of sp³-hybridized carbons (Fsp3) is 0.333. The van der Waals surface area contributed by atoms with E-state index in [9.17, 15) is 0 Å². The van der Waals surface area contributed by atoms with E-state index < -0.39 is 0 Å². The Balaban J connectivity index is 1.85. The minimum atomic E-state index is 0.666. The molecule has 1 N–H and O–H groups in total. The van der Waals surface area contributed by atoms with Crippen LogP contribution >= 0.6 is 0 Å². The van der Waals surface area contributed by atoms with Gasteiger partial charge in [0, 0.05) is 13.1 Å². The molecule has 0 fully saturated rings. The third kappa shape index (κ3) is 1.95. The minimum absolute atomic E-state index is 0.666. The van der Waals surface area contributed by atoms with Gasteiger partial charge in [0.15, 0.2) is 5.82 Å². The molecule has 1 aromatic carbocycles. The molecule has 1 aliphatic heterocycles. The van der Waals surface area contributed by atoms with Crippen molar-refractivity contribution in [3.63, 3.8) is 0 Å². The van der Waals surface area contributed by atoms with Crippen LogP contribution in [-0.4, -0.2) is 23.2 Å². The first-order valence-electron chi connectivity index (χ1n) is 5.70. The molecular formula is C12H14N4O. The van der Waals surface area contributed by atoms with Crippen LogP contribution in [-0.2, 0) is 6.54 Å². The smallest absolute Gasteiger partial charge is 0.246 e. The highest BCUT2D eigenvalue weighted by molar-refractivity contribution is 5.71. The lowest BCUT2D eigenvalue weighted by molar-refractivity contribution is 0.372. The number of hydrogen-bond acceptors (Lipinski definition) is 5. The van der Waals surface area contributed by atoms with E-state index in [1.54, 1.807) is 0 Å². The predicted molar refractivity (Wildman–Crippen MR) is 65.0 cm³/mol. The Bertz CT molecular complexity index is 523. The number of rotatable bonds is 2. The molecule has 17 heavy (non-hydrogen) atoms. The number of aromatic nitrogens is 2. The monoisotopic (exact) mass is 230 g/mol. The molecule has 3 rings (SSSR count). The van der Waals surface area contributed by atoms with Crippen molar-refractivity contribution in [3.05, 3.63) is 36.0 Å². The summed E-state index contributed by atoms with van der Waals surface area (Å²) in [7, 11) is 0. The van der Waals surface area contributed by atoms with Gasteiger partial charge >= 0.3 is 0 Å². The third-order valence-electron chi connectivity index (χ3n) is 2.84. The van der Waals surface area contributed by atoms with Crippen LogP contribution in [0, 0.1) is 6.92 Å². The van der Waals surface area contributed by atoms with Crippen LogP contribution in [0.5, 0.6) is 0 Å². The maximum atomic E-state index is 5.16. The quantitative estimate of drug-likeness (QED) is 0.852. The van der Waals surface area contributed by atoms with Gasteiger partial charge in [-0.3, -0.25) is 0 Å². The van der Waals surface area contributed by atoms with E-state index in [0.717, 1.165) is 18.8 Å². The van der Waals surface area contributed by atoms with E-state index in [1.807, 2.05) is 19.1 Å². The van der Waals surface area contributed by atoms with Crippen LogP contribution in [0.4, 0.5) is 11.4 Å². The summed E-state index contributed by atoms with van der Waals surface area (Å²) >= 11 is 0. The third-order valence-corrected chi connectivity index (χ3v) is 2.84. The van der Waals surface area contributed by atoms with Crippen LogP contribution < -0.4 is 10.2 Å². The maximum absolute atomic E-state index is 5.16. The minimum Gasteiger partial charge on any atom is -0.382 e. The molecule has 2 heterocycles. The van der Waals surface area contributed by atoms with Gasteiger partial charge in [-0.25, -0.2) is 0 Å². The zero-order valence-electron chi connectivity index (χ0n) is 9.68. The molecule has 1 aliphatic rings. The van der Waals surface area contributed by atoms with Crippen molar-refractivity contribution in [1.29, 1.82) is 0 Å². The van der Waals surface area contributed by atoms with Gasteiger partial charge in [0.2, 0.25) is 5.89 Å². The van der Waals surface area contributed by atoms with Crippen LogP contribution in [0.3, 0.4) is 0 Å². The second kappa shape index (κ2) is 4.08. The zero-order chi connectivity index (χ0) is 11.7. The molecule has 0 atom stereocenters. The number of fused-ring (bicyclic) bond motifs is 1. The molecule has 0 spiro atoms. The predicted octanol–water partition coefficient (Wildman–Crippen LogP) is 1.81. The Kier molecular flexibility index (Phi) is 2.44. The molecule has 5 nitrogen and oxygen atoms in total. The van der Waals surface area contributed by atoms with Crippen LogP contribution in [0.25, 0.3) is 0 Å². The van der Waals surface area contributed by atoms with E-state index in [2.05, 4.69) is 32.5 Å². The molecule has 1 aromatic heterocycles. The van der Waals surface area contributed by atoms with Gasteiger partial charge in [-0.15, -0.1) is 0 Å². The Morgan fingerprint density at radius 3 is 3.12 bits per heavy atom. The van der Waals surface area contributed by atoms with Gasteiger partial charge < -0.3 is 14.7 Å². The number of benzene rings is 1. The molecule has 0 aliphatic carbocycles. The first kappa shape index (κ1) is 10.1. The summed E-state index contributed by atoms with van der Waals surface area (Å²) in [6.45, 7) is 4.38. The average molecular weight is 230 g/mol. The summed E-state index contributed by atoms with van der Waals surface area (Å²) in [6.07, 6.45) is 0. The second-order valence-electron chi connectivity index (χ2n) is 4.10. The molecule has 0 bridgehead atoms. The van der Waals surface area contributed by atoms with Crippen molar-refractivity contribution in [2.45, 2.75) is 13.5 Å². The molecule has 0 saturated heterocycles.